The average Bonchev–Trinajstić information content (AvgIpc) is 3.40. The number of hydrogen-bond acceptors (Lipinski definition) is 7. The van der Waals surface area contributed by atoms with E-state index in [0.717, 1.165) is 16.9 Å². The highest BCUT2D eigenvalue weighted by Gasteiger charge is 2.57. The Hall–Kier alpha value is -4.15. The van der Waals surface area contributed by atoms with Crippen LogP contribution in [0.4, 0.5) is 11.4 Å². The Morgan fingerprint density at radius 2 is 1.56 bits per heavy atom. The number of methoxy groups -OCH3 is 1. The van der Waals surface area contributed by atoms with E-state index in [4.69, 9.17) is 4.74 Å². The van der Waals surface area contributed by atoms with Gasteiger partial charge in [-0.1, -0.05) is 77.7 Å². The smallest absolute Gasteiger partial charge is 0.308 e. The van der Waals surface area contributed by atoms with E-state index < -0.39 is 17.1 Å². The third kappa shape index (κ3) is 4.35. The van der Waals surface area contributed by atoms with Gasteiger partial charge in [0.25, 0.3) is 0 Å². The van der Waals surface area contributed by atoms with Gasteiger partial charge in [-0.15, -0.1) is 0 Å². The van der Waals surface area contributed by atoms with E-state index in [2.05, 4.69) is 5.32 Å². The highest BCUT2D eigenvalue weighted by atomic mass is 32.2. The predicted octanol–water partition coefficient (Wildman–Crippen LogP) is 4.35. The Morgan fingerprint density at radius 1 is 0.897 bits per heavy atom. The van der Waals surface area contributed by atoms with Gasteiger partial charge in [-0.25, -0.2) is 4.90 Å². The highest BCUT2D eigenvalue weighted by molar-refractivity contribution is 8.00. The van der Waals surface area contributed by atoms with E-state index in [0.29, 0.717) is 27.0 Å². The lowest BCUT2D eigenvalue weighted by Gasteiger charge is -2.31. The zero-order chi connectivity index (χ0) is 27.1. The minimum absolute atomic E-state index is 0.215. The van der Waals surface area contributed by atoms with Crippen molar-refractivity contribution in [3.63, 3.8) is 0 Å². The number of para-hydroxylation sites is 3. The van der Waals surface area contributed by atoms with Crippen molar-refractivity contribution in [1.29, 1.82) is 0 Å². The number of fused-ring (bicyclic) bond motifs is 2. The van der Waals surface area contributed by atoms with E-state index >= 15 is 0 Å². The summed E-state index contributed by atoms with van der Waals surface area (Å²) in [6.07, 6.45) is 0. The number of nitrogens with one attached hydrogen (secondary N) is 1. The lowest BCUT2D eigenvalue weighted by molar-refractivity contribution is -0.122. The Morgan fingerprint density at radius 3 is 2.28 bits per heavy atom. The normalized spacial score (nSPS) is 19.9. The number of anilines is 2. The quantitative estimate of drug-likeness (QED) is 0.354. The molecule has 3 aromatic carbocycles. The molecule has 10 heteroatoms. The molecule has 196 valence electrons. The summed E-state index contributed by atoms with van der Waals surface area (Å²) in [6.45, 7) is -0.215. The minimum atomic E-state index is -0.766. The van der Waals surface area contributed by atoms with Gasteiger partial charge in [-0.3, -0.25) is 23.7 Å². The van der Waals surface area contributed by atoms with E-state index in [1.54, 1.807) is 49.6 Å². The zero-order valence-electron chi connectivity index (χ0n) is 20.8. The van der Waals surface area contributed by atoms with Gasteiger partial charge in [-0.2, -0.15) is 0 Å². The van der Waals surface area contributed by atoms with Gasteiger partial charge in [0.1, 0.15) is 17.5 Å². The van der Waals surface area contributed by atoms with Crippen molar-refractivity contribution in [2.24, 2.45) is 5.92 Å². The zero-order valence-corrected chi connectivity index (χ0v) is 22.4. The maximum absolute atomic E-state index is 13.9. The summed E-state index contributed by atoms with van der Waals surface area (Å²) in [5.74, 6) is -1.79. The molecule has 1 saturated heterocycles. The topological polar surface area (TPSA) is 97.7 Å². The Bertz CT molecular complexity index is 1630. The van der Waals surface area contributed by atoms with Crippen LogP contribution in [0.2, 0.25) is 0 Å². The van der Waals surface area contributed by atoms with E-state index in [-0.39, 0.29) is 29.1 Å². The van der Waals surface area contributed by atoms with E-state index in [1.807, 2.05) is 42.5 Å². The molecule has 6 rings (SSSR count). The number of aromatic nitrogens is 1. The third-order valence-electron chi connectivity index (χ3n) is 6.90. The molecule has 0 radical (unpaired) electrons. The molecular weight excluding hydrogens is 534 g/mol. The molecule has 3 atom stereocenters. The first-order valence-corrected chi connectivity index (χ1v) is 14.0. The molecule has 0 saturated carbocycles. The maximum atomic E-state index is 13.9. The fraction of sp³-hybridized carbons (Fsp3) is 0.172. The van der Waals surface area contributed by atoms with Crippen LogP contribution in [0.15, 0.2) is 94.7 Å². The summed E-state index contributed by atoms with van der Waals surface area (Å²) in [5.41, 5.74) is 1.84. The summed E-state index contributed by atoms with van der Waals surface area (Å²) in [5, 5.41) is 2.58. The number of rotatable bonds is 6. The van der Waals surface area contributed by atoms with Gasteiger partial charge in [-0.05, 0) is 30.3 Å². The molecule has 3 heterocycles. The molecule has 0 bridgehead atoms. The summed E-state index contributed by atoms with van der Waals surface area (Å²) >= 11 is 2.19. The number of hydrogen-bond donors (Lipinski definition) is 1. The lowest BCUT2D eigenvalue weighted by Crippen LogP contribution is -2.33. The molecule has 1 N–H and O–H groups in total. The molecule has 2 aliphatic rings. The van der Waals surface area contributed by atoms with Gasteiger partial charge in [0, 0.05) is 22.0 Å². The number of carbonyl (C=O) groups excluding carboxylic acids is 3. The minimum Gasteiger partial charge on any atom is -0.496 e. The van der Waals surface area contributed by atoms with Crippen LogP contribution in [0, 0.1) is 5.92 Å². The van der Waals surface area contributed by atoms with Gasteiger partial charge < -0.3 is 10.1 Å². The van der Waals surface area contributed by atoms with Crippen molar-refractivity contribution in [3.05, 3.63) is 105 Å². The van der Waals surface area contributed by atoms with Crippen molar-refractivity contribution in [3.8, 4) is 5.75 Å². The van der Waals surface area contributed by atoms with Crippen LogP contribution in [-0.2, 0) is 20.9 Å². The summed E-state index contributed by atoms with van der Waals surface area (Å²) in [4.78, 5) is 55.5. The third-order valence-corrected chi connectivity index (χ3v) is 9.50. The van der Waals surface area contributed by atoms with Crippen LogP contribution < -0.4 is 19.8 Å². The first-order valence-electron chi connectivity index (χ1n) is 12.3. The second kappa shape index (κ2) is 10.2. The van der Waals surface area contributed by atoms with Crippen LogP contribution >= 0.6 is 23.1 Å². The first-order chi connectivity index (χ1) is 19.0. The average molecular weight is 558 g/mol. The molecule has 4 aromatic rings. The fourth-order valence-corrected chi connectivity index (χ4v) is 7.98. The van der Waals surface area contributed by atoms with Crippen molar-refractivity contribution in [2.45, 2.75) is 22.7 Å². The van der Waals surface area contributed by atoms with E-state index in [9.17, 15) is 19.2 Å². The second-order valence-electron chi connectivity index (χ2n) is 9.17. The van der Waals surface area contributed by atoms with Crippen LogP contribution in [0.1, 0.15) is 16.4 Å². The molecule has 1 aromatic heterocycles. The van der Waals surface area contributed by atoms with Gasteiger partial charge >= 0.3 is 4.87 Å². The lowest BCUT2D eigenvalue weighted by atomic mass is 9.82. The van der Waals surface area contributed by atoms with Crippen molar-refractivity contribution >= 4 is 52.2 Å². The molecule has 3 amide bonds. The molecular formula is C29H23N3O5S2. The Labute approximate surface area is 232 Å². The number of benzene rings is 3. The van der Waals surface area contributed by atoms with Gasteiger partial charge in [0.2, 0.25) is 17.7 Å². The molecule has 2 unspecified atom stereocenters. The van der Waals surface area contributed by atoms with Crippen molar-refractivity contribution < 1.29 is 19.1 Å². The van der Waals surface area contributed by atoms with Crippen molar-refractivity contribution in [2.75, 3.05) is 17.3 Å². The van der Waals surface area contributed by atoms with Crippen LogP contribution in [0.25, 0.3) is 0 Å². The Balaban J connectivity index is 1.45. The summed E-state index contributed by atoms with van der Waals surface area (Å²) in [6, 6.07) is 25.2. The molecule has 2 aliphatic heterocycles. The van der Waals surface area contributed by atoms with Crippen molar-refractivity contribution in [1.82, 2.24) is 4.57 Å². The predicted molar refractivity (Wildman–Crippen MR) is 151 cm³/mol. The van der Waals surface area contributed by atoms with Gasteiger partial charge in [0.15, 0.2) is 0 Å². The Kier molecular flexibility index (Phi) is 6.58. The molecule has 1 fully saturated rings. The monoisotopic (exact) mass is 557 g/mol. The number of thioether (sulfide) groups is 1. The fourth-order valence-electron chi connectivity index (χ4n) is 5.21. The molecule has 0 spiro atoms. The summed E-state index contributed by atoms with van der Waals surface area (Å²) in [7, 11) is 1.55. The molecule has 0 aliphatic carbocycles. The number of nitrogens with zero attached hydrogens (tertiary/aromatic N) is 2. The number of amides is 3. The largest absolute Gasteiger partial charge is 0.496 e. The first kappa shape index (κ1) is 25.1. The van der Waals surface area contributed by atoms with Crippen LogP contribution in [0.5, 0.6) is 5.75 Å². The maximum Gasteiger partial charge on any atom is 0.308 e. The standard InChI is InChI=1S/C29H23N3O5S2/c1-37-20-15-9-8-14-19(20)22-23-24(27(35)32(26(23)34)18-12-6-3-7-13-18)38-28-25(22)39-29(36)31(28)16-21(33)30-17-10-4-2-5-11-17/h2-15,22-24H,16H2,1H3,(H,30,33)/t22-,23?,24?/m1/s1. The SMILES string of the molecule is COc1ccccc1[C@H]1c2sc(=O)n(CC(=O)Nc3ccccc3)c2SC2C(=O)N(c3ccccc3)C(=O)C21. The highest BCUT2D eigenvalue weighted by Crippen LogP contribution is 2.55. The van der Waals surface area contributed by atoms with Crippen LogP contribution in [0.3, 0.4) is 0 Å². The second-order valence-corrected chi connectivity index (χ2v) is 11.3. The van der Waals surface area contributed by atoms with Gasteiger partial charge in [0.05, 0.1) is 23.7 Å². The molecule has 8 nitrogen and oxygen atoms in total. The molecule has 39 heavy (non-hydrogen) atoms. The van der Waals surface area contributed by atoms with E-state index in [1.165, 1.54) is 21.2 Å². The summed E-state index contributed by atoms with van der Waals surface area (Å²) < 4.78 is 7.05. The van der Waals surface area contributed by atoms with Crippen LogP contribution in [-0.4, -0.2) is 34.6 Å². The number of imide groups is 1. The number of carbonyl (C=O) groups is 3. The number of ether oxygens (including phenoxy) is 1. The number of thiazole rings is 1.